The first kappa shape index (κ1) is 79.0. The Labute approximate surface area is 613 Å². The Hall–Kier alpha value is -10.1. The Morgan fingerprint density at radius 1 is 0.419 bits per heavy atom. The van der Waals surface area contributed by atoms with E-state index in [1.165, 1.54) is 40.6 Å². The van der Waals surface area contributed by atoms with Crippen LogP contribution in [0.4, 0.5) is 4.79 Å². The normalized spacial score (nSPS) is 23.6. The molecule has 4 aliphatic carbocycles. The van der Waals surface area contributed by atoms with E-state index in [2.05, 4.69) is 19.2 Å². The van der Waals surface area contributed by atoms with Gasteiger partial charge < -0.3 is 86.6 Å². The second kappa shape index (κ2) is 35.1. The van der Waals surface area contributed by atoms with Crippen molar-refractivity contribution in [1.82, 2.24) is 5.32 Å². The molecule has 7 fully saturated rings. The molecular weight excluding hydrogens is 1350 g/mol. The summed E-state index contributed by atoms with van der Waals surface area (Å²) in [6.45, 7) is 4.51. The summed E-state index contributed by atoms with van der Waals surface area (Å²) in [5.41, 5.74) is 5.93. The fourth-order valence-corrected chi connectivity index (χ4v) is 16.8. The molecular formula is C81H99NO23. The zero-order valence-corrected chi connectivity index (χ0v) is 60.9. The quantitative estimate of drug-likeness (QED) is 0.0245. The van der Waals surface area contributed by atoms with Crippen LogP contribution in [-0.2, 0) is 81.4 Å². The third-order valence-corrected chi connectivity index (χ3v) is 20.7. The van der Waals surface area contributed by atoms with Crippen LogP contribution < -0.4 is 57.4 Å². The maximum atomic E-state index is 12.8. The van der Waals surface area contributed by atoms with E-state index >= 15 is 0 Å². The summed E-state index contributed by atoms with van der Waals surface area (Å²) in [7, 11) is 14.0. The molecule has 4 bridgehead atoms. The van der Waals surface area contributed by atoms with E-state index in [0.29, 0.717) is 116 Å². The lowest BCUT2D eigenvalue weighted by atomic mass is 9.43. The minimum Gasteiger partial charge on any atom is -0.504 e. The van der Waals surface area contributed by atoms with Gasteiger partial charge in [0, 0.05) is 23.3 Å². The maximum Gasteiger partial charge on any atom is 0.408 e. The van der Waals surface area contributed by atoms with Crippen LogP contribution in [0.3, 0.4) is 0 Å². The standard InChI is InChI=1S/C36H45NO9.C23H26O8.C21H24O6.CH4/c1-34-14-24-15-35(2,19-34)21-36(16-24,20-34)37-33(40)45-18-31(38)46-28-9-7-23(13-30(28)43-5)11-26-25(17-44-32(26)39)10-22-6-8-27(41-3)29(12-22)42-4;1-27-18-6-4-14(10-20(18)28-2)8-16-13-30-23(26)17(16)9-15-5-7-19(21(11-15)29-3)31-22(25)12-24;1-24-18-7-5-13(11-20(18)26-3)8-15-12-27-21(23)16(15)9-14-4-6-17(22)19(10-14)25-2;/h6-9,12-13,24-26H,10-11,14-21H2,1-5H3,(H,37,40);4-7,10-11,16-17,24H,8-9,12-13H2,1-3H3;4-7,10-11,15-16,22H,8-9,12H2,1-3H3;1H4/t24?,25-,26+,34?,35?,36?;16-,17+;15-,16+;/m000./s1. The Bertz CT molecular complexity index is 4040. The summed E-state index contributed by atoms with van der Waals surface area (Å²) >= 11 is 0. The van der Waals surface area contributed by atoms with Crippen LogP contribution in [0.2, 0.25) is 0 Å². The first-order valence-corrected chi connectivity index (χ1v) is 34.8. The van der Waals surface area contributed by atoms with E-state index in [1.807, 2.05) is 54.6 Å². The summed E-state index contributed by atoms with van der Waals surface area (Å²) < 4.78 is 80.0. The molecule has 105 heavy (non-hydrogen) atoms. The summed E-state index contributed by atoms with van der Waals surface area (Å²) in [6.07, 6.45) is 9.35. The maximum absolute atomic E-state index is 12.8. The van der Waals surface area contributed by atoms with Gasteiger partial charge in [-0.05, 0) is 200 Å². The van der Waals surface area contributed by atoms with Gasteiger partial charge >= 0.3 is 35.9 Å². The number of carbonyl (C=O) groups excluding carboxylic acids is 6. The van der Waals surface area contributed by atoms with Gasteiger partial charge in [0.1, 0.15) is 6.61 Å². The van der Waals surface area contributed by atoms with Gasteiger partial charge in [-0.1, -0.05) is 57.7 Å². The first-order valence-electron chi connectivity index (χ1n) is 34.8. The van der Waals surface area contributed by atoms with Crippen molar-refractivity contribution in [2.45, 2.75) is 104 Å². The summed E-state index contributed by atoms with van der Waals surface area (Å²) in [6, 6.07) is 32.6. The number of cyclic esters (lactones) is 3. The average molecular weight is 1450 g/mol. The van der Waals surface area contributed by atoms with Gasteiger partial charge in [0.05, 0.1) is 102 Å². The molecule has 4 saturated carbocycles. The van der Waals surface area contributed by atoms with Crippen LogP contribution in [0, 0.1) is 52.3 Å². The smallest absolute Gasteiger partial charge is 0.408 e. The molecule has 0 aromatic heterocycles. The zero-order chi connectivity index (χ0) is 74.5. The van der Waals surface area contributed by atoms with Gasteiger partial charge in [-0.25, -0.2) is 14.4 Å². The topological polar surface area (TPSA) is 293 Å². The SMILES string of the molecule is C.COc1cc(C[C@H]2C(=O)OC[C@@H]2Cc2ccc(OC)c(OC)c2)ccc1O.COc1ccc(C[C@H]2COC(=O)[C@@H]2Cc2ccc(OC(=O)CO)c(OC)c2)cc1OC.COc1ccc(C[C@H]2COC(=O)[C@@H]2Cc2ccc(OC(=O)COC(=O)NC34CC5CC(C)(CC(C)(C5)C3)C4)c(OC)c2)cc1OC. The molecule has 24 heteroatoms. The molecule has 0 radical (unpaired) electrons. The van der Waals surface area contributed by atoms with Gasteiger partial charge in [0.25, 0.3) is 0 Å². The number of amides is 1. The van der Waals surface area contributed by atoms with Crippen molar-refractivity contribution in [2.75, 3.05) is 97.0 Å². The minimum atomic E-state index is -0.777. The molecule has 24 nitrogen and oxygen atoms in total. The number of ether oxygens (including phenoxy) is 15. The number of hydrogen-bond donors (Lipinski definition) is 3. The third-order valence-electron chi connectivity index (χ3n) is 20.7. The van der Waals surface area contributed by atoms with Crippen LogP contribution in [0.25, 0.3) is 0 Å². The van der Waals surface area contributed by atoms with Gasteiger partial charge in [-0.15, -0.1) is 0 Å². The molecule has 0 spiro atoms. The Morgan fingerprint density at radius 2 is 0.733 bits per heavy atom. The van der Waals surface area contributed by atoms with Crippen molar-refractivity contribution in [1.29, 1.82) is 0 Å². The number of esters is 5. The molecule has 6 aromatic carbocycles. The largest absolute Gasteiger partial charge is 0.504 e. The Kier molecular flexibility index (Phi) is 26.4. The van der Waals surface area contributed by atoms with Crippen molar-refractivity contribution in [3.63, 3.8) is 0 Å². The van der Waals surface area contributed by atoms with Gasteiger partial charge in [0.15, 0.2) is 75.6 Å². The molecule has 7 aliphatic rings. The Morgan fingerprint density at radius 3 is 1.08 bits per heavy atom. The predicted octanol–water partition coefficient (Wildman–Crippen LogP) is 11.5. The van der Waals surface area contributed by atoms with Gasteiger partial charge in [0.2, 0.25) is 0 Å². The highest BCUT2D eigenvalue weighted by Gasteiger charge is 2.61. The fourth-order valence-electron chi connectivity index (χ4n) is 16.8. The lowest BCUT2D eigenvalue weighted by Crippen LogP contribution is -2.65. The van der Waals surface area contributed by atoms with Crippen LogP contribution in [-0.4, -0.2) is 149 Å². The molecule has 6 aromatic rings. The lowest BCUT2D eigenvalue weighted by Gasteiger charge is -2.65. The number of alkyl carbamates (subject to hydrolysis) is 1. The summed E-state index contributed by atoms with van der Waals surface area (Å²) in [4.78, 5) is 74.3. The van der Waals surface area contributed by atoms with Crippen LogP contribution in [0.5, 0.6) is 69.0 Å². The molecule has 8 atom stereocenters. The number of benzene rings is 6. The number of nitrogens with one attached hydrogen (secondary N) is 1. The number of phenolic OH excluding ortho intramolecular Hbond substituents is 1. The van der Waals surface area contributed by atoms with E-state index in [0.717, 1.165) is 52.6 Å². The molecule has 3 N–H and O–H groups in total. The second-order valence-electron chi connectivity index (χ2n) is 28.5. The highest BCUT2D eigenvalue weighted by atomic mass is 16.6. The van der Waals surface area contributed by atoms with Crippen LogP contribution in [0.15, 0.2) is 109 Å². The summed E-state index contributed by atoms with van der Waals surface area (Å²) in [5, 5.41) is 21.8. The van der Waals surface area contributed by atoms with E-state index in [9.17, 15) is 33.9 Å². The second-order valence-corrected chi connectivity index (χ2v) is 28.5. The number of hydrogen-bond acceptors (Lipinski definition) is 23. The zero-order valence-electron chi connectivity index (χ0n) is 60.9. The Balaban J connectivity index is 0.000000190. The number of aromatic hydroxyl groups is 1. The van der Waals surface area contributed by atoms with E-state index < -0.39 is 31.2 Å². The van der Waals surface area contributed by atoms with E-state index in [-0.39, 0.29) is 94.5 Å². The number of phenols is 1. The predicted molar refractivity (Wildman–Crippen MR) is 385 cm³/mol. The van der Waals surface area contributed by atoms with E-state index in [1.54, 1.807) is 97.3 Å². The highest BCUT2D eigenvalue weighted by Crippen LogP contribution is 2.66. The highest BCUT2D eigenvalue weighted by molar-refractivity contribution is 5.79. The fraction of sp³-hybridized carbons (Fsp3) is 0.481. The first-order chi connectivity index (χ1) is 50.0. The molecule has 566 valence electrons. The monoisotopic (exact) mass is 1450 g/mol. The van der Waals surface area contributed by atoms with Crippen molar-refractivity contribution in [3.05, 3.63) is 143 Å². The number of carbonyl (C=O) groups is 6. The van der Waals surface area contributed by atoms with Crippen LogP contribution in [0.1, 0.15) is 93.2 Å². The number of rotatable bonds is 27. The number of methoxy groups -OCH3 is 9. The molecule has 3 heterocycles. The van der Waals surface area contributed by atoms with Crippen molar-refractivity contribution in [3.8, 4) is 69.0 Å². The number of aliphatic hydroxyl groups excluding tert-OH is 1. The van der Waals surface area contributed by atoms with Gasteiger partial charge in [-0.3, -0.25) is 14.4 Å². The summed E-state index contributed by atoms with van der Waals surface area (Å²) in [5.74, 6) is 3.09. The molecule has 2 unspecified atom stereocenters. The third kappa shape index (κ3) is 19.5. The average Bonchev–Trinajstić information content (AvgIpc) is 1.30. The van der Waals surface area contributed by atoms with Gasteiger partial charge in [-0.2, -0.15) is 0 Å². The lowest BCUT2D eigenvalue weighted by molar-refractivity contribution is -0.142. The van der Waals surface area contributed by atoms with E-state index in [4.69, 9.17) is 76.2 Å². The van der Waals surface area contributed by atoms with Crippen LogP contribution >= 0.6 is 0 Å². The minimum absolute atomic E-state index is 0. The molecule has 1 amide bonds. The van der Waals surface area contributed by atoms with Crippen molar-refractivity contribution in [2.24, 2.45) is 52.3 Å². The molecule has 3 aliphatic heterocycles. The van der Waals surface area contributed by atoms with Crippen molar-refractivity contribution >= 4 is 35.9 Å². The molecule has 3 saturated heterocycles. The number of aliphatic hydroxyl groups is 1. The van der Waals surface area contributed by atoms with Crippen molar-refractivity contribution < 1.29 is 110 Å². The molecule has 13 rings (SSSR count).